The van der Waals surface area contributed by atoms with Gasteiger partial charge in [-0.25, -0.2) is 19.2 Å². The summed E-state index contributed by atoms with van der Waals surface area (Å²) in [5.41, 5.74) is 1.94. The summed E-state index contributed by atoms with van der Waals surface area (Å²) in [5.74, 6) is 2.88. The quantitative estimate of drug-likeness (QED) is 0.597. The highest BCUT2D eigenvalue weighted by molar-refractivity contribution is 7.93. The van der Waals surface area contributed by atoms with E-state index in [0.29, 0.717) is 64.4 Å². The van der Waals surface area contributed by atoms with Crippen LogP contribution < -0.4 is 14.8 Å². The smallest absolute Gasteiger partial charge is 0.238 e. The fourth-order valence-electron chi connectivity index (χ4n) is 3.96. The Balaban J connectivity index is 1.52. The first-order chi connectivity index (χ1) is 15.6. The van der Waals surface area contributed by atoms with Gasteiger partial charge in [-0.3, -0.25) is 0 Å². The van der Waals surface area contributed by atoms with E-state index in [9.17, 15) is 4.21 Å². The van der Waals surface area contributed by atoms with Gasteiger partial charge in [0.25, 0.3) is 0 Å². The van der Waals surface area contributed by atoms with Crippen molar-refractivity contribution < 1.29 is 18.4 Å². The van der Waals surface area contributed by atoms with Crippen LogP contribution in [0.2, 0.25) is 0 Å². The Morgan fingerprint density at radius 2 is 2.09 bits per heavy atom. The lowest BCUT2D eigenvalue weighted by Crippen LogP contribution is -2.17. The number of fused-ring (bicyclic) bond motifs is 1. The molecule has 168 valence electrons. The van der Waals surface area contributed by atoms with Crippen molar-refractivity contribution in [1.82, 2.24) is 15.0 Å². The average Bonchev–Trinajstić information content (AvgIpc) is 3.46. The van der Waals surface area contributed by atoms with Gasteiger partial charge >= 0.3 is 0 Å². The lowest BCUT2D eigenvalue weighted by atomic mass is 10.2. The summed E-state index contributed by atoms with van der Waals surface area (Å²) < 4.78 is 34.5. The van der Waals surface area contributed by atoms with E-state index in [1.54, 1.807) is 19.4 Å². The van der Waals surface area contributed by atoms with E-state index in [0.717, 1.165) is 19.3 Å². The minimum absolute atomic E-state index is 0.0243. The van der Waals surface area contributed by atoms with Crippen molar-refractivity contribution in [2.24, 2.45) is 4.36 Å². The molecular formula is C22H25N5O4S. The molecule has 2 aliphatic heterocycles. The number of pyridine rings is 1. The summed E-state index contributed by atoms with van der Waals surface area (Å²) in [6.07, 6.45) is 5.87. The number of benzene rings is 1. The minimum atomic E-state index is -2.20. The molecule has 5 rings (SSSR count). The zero-order valence-corrected chi connectivity index (χ0v) is 18.6. The van der Waals surface area contributed by atoms with Crippen molar-refractivity contribution in [3.05, 3.63) is 36.8 Å². The third kappa shape index (κ3) is 4.33. The molecule has 1 N–H and O–H groups in total. The Morgan fingerprint density at radius 3 is 2.88 bits per heavy atom. The highest BCUT2D eigenvalue weighted by Gasteiger charge is 2.21. The second-order valence-corrected chi connectivity index (χ2v) is 10.4. The molecule has 2 fully saturated rings. The van der Waals surface area contributed by atoms with Crippen LogP contribution in [-0.4, -0.2) is 57.1 Å². The predicted octanol–water partition coefficient (Wildman–Crippen LogP) is 3.84. The molecule has 1 atom stereocenters. The largest absolute Gasteiger partial charge is 0.496 e. The maximum absolute atomic E-state index is 12.9. The van der Waals surface area contributed by atoms with E-state index >= 15 is 0 Å². The van der Waals surface area contributed by atoms with Crippen LogP contribution in [0, 0.1) is 0 Å². The van der Waals surface area contributed by atoms with Crippen molar-refractivity contribution >= 4 is 37.8 Å². The minimum Gasteiger partial charge on any atom is -0.496 e. The van der Waals surface area contributed by atoms with Crippen LogP contribution in [-0.2, 0) is 14.5 Å². The van der Waals surface area contributed by atoms with Crippen molar-refractivity contribution in [3.8, 4) is 11.6 Å². The summed E-state index contributed by atoms with van der Waals surface area (Å²) in [4.78, 5) is 13.2. The monoisotopic (exact) mass is 455 g/mol. The Hall–Kier alpha value is -2.98. The Labute approximate surface area is 186 Å². The van der Waals surface area contributed by atoms with Gasteiger partial charge in [-0.05, 0) is 31.0 Å². The van der Waals surface area contributed by atoms with Crippen LogP contribution in [0.15, 0.2) is 41.2 Å². The second kappa shape index (κ2) is 8.87. The van der Waals surface area contributed by atoms with E-state index in [1.165, 1.54) is 6.33 Å². The van der Waals surface area contributed by atoms with Crippen molar-refractivity contribution in [1.29, 1.82) is 0 Å². The van der Waals surface area contributed by atoms with E-state index < -0.39 is 9.73 Å². The fourth-order valence-corrected chi connectivity index (χ4v) is 6.15. The molecule has 1 aromatic carbocycles. The molecule has 0 bridgehead atoms. The van der Waals surface area contributed by atoms with E-state index in [-0.39, 0.29) is 6.10 Å². The van der Waals surface area contributed by atoms with Gasteiger partial charge in [-0.2, -0.15) is 4.36 Å². The third-order valence-electron chi connectivity index (χ3n) is 5.55. The van der Waals surface area contributed by atoms with E-state index in [1.807, 2.05) is 18.2 Å². The van der Waals surface area contributed by atoms with Gasteiger partial charge in [0.2, 0.25) is 5.88 Å². The molecule has 1 unspecified atom stereocenters. The molecule has 2 aliphatic rings. The molecule has 0 saturated carbocycles. The lowest BCUT2D eigenvalue weighted by molar-refractivity contribution is 0.138. The third-order valence-corrected chi connectivity index (χ3v) is 7.94. The molecule has 0 aliphatic carbocycles. The highest BCUT2D eigenvalue weighted by atomic mass is 32.2. The summed E-state index contributed by atoms with van der Waals surface area (Å²) >= 11 is 0. The van der Waals surface area contributed by atoms with Gasteiger partial charge in [0.15, 0.2) is 0 Å². The van der Waals surface area contributed by atoms with Gasteiger partial charge in [-0.15, -0.1) is 0 Å². The highest BCUT2D eigenvalue weighted by Crippen LogP contribution is 2.37. The number of aromatic nitrogens is 3. The molecule has 0 radical (unpaired) electrons. The predicted molar refractivity (Wildman–Crippen MR) is 123 cm³/mol. The fraction of sp³-hybridized carbons (Fsp3) is 0.409. The van der Waals surface area contributed by atoms with Gasteiger partial charge in [0, 0.05) is 30.2 Å². The number of hydrogen-bond acceptors (Lipinski definition) is 9. The first kappa shape index (κ1) is 20.9. The first-order valence-electron chi connectivity index (χ1n) is 10.7. The number of rotatable bonds is 6. The molecule has 0 amide bonds. The van der Waals surface area contributed by atoms with Crippen LogP contribution in [0.25, 0.3) is 10.9 Å². The molecule has 9 nitrogen and oxygen atoms in total. The van der Waals surface area contributed by atoms with Crippen molar-refractivity contribution in [2.45, 2.75) is 25.4 Å². The van der Waals surface area contributed by atoms with Crippen LogP contribution in [0.5, 0.6) is 11.6 Å². The molecule has 2 aromatic heterocycles. The maximum Gasteiger partial charge on any atom is 0.238 e. The summed E-state index contributed by atoms with van der Waals surface area (Å²) in [5, 5.41) is 4.02. The molecule has 2 saturated heterocycles. The van der Waals surface area contributed by atoms with Gasteiger partial charge in [0.1, 0.15) is 29.7 Å². The summed E-state index contributed by atoms with van der Waals surface area (Å²) in [6.45, 7) is 1.24. The standard InChI is InChI=1S/C22H25N5O4S/c1-29-19-12-15(27-32(28)9-2-3-10-32)11-18-20(19)21(25-14-24-18)26-17-5-4-7-23-22(17)31-16-6-8-30-13-16/h4-5,7,11-12,14,16H,2-3,6,8-10,13H2,1H3,(H,24,25,26). The molecular weight excluding hydrogens is 430 g/mol. The van der Waals surface area contributed by atoms with E-state index in [4.69, 9.17) is 14.2 Å². The van der Waals surface area contributed by atoms with Crippen LogP contribution in [0.1, 0.15) is 19.3 Å². The molecule has 4 heterocycles. The number of nitrogens with one attached hydrogen (secondary N) is 1. The van der Waals surface area contributed by atoms with Gasteiger partial charge < -0.3 is 19.5 Å². The Kier molecular flexibility index (Phi) is 5.79. The van der Waals surface area contributed by atoms with Crippen LogP contribution in [0.3, 0.4) is 0 Å². The first-order valence-corrected chi connectivity index (χ1v) is 12.5. The summed E-state index contributed by atoms with van der Waals surface area (Å²) in [6, 6.07) is 7.33. The second-order valence-electron chi connectivity index (χ2n) is 7.83. The lowest BCUT2D eigenvalue weighted by Gasteiger charge is -2.16. The van der Waals surface area contributed by atoms with E-state index in [2.05, 4.69) is 24.6 Å². The normalized spacial score (nSPS) is 19.7. The summed E-state index contributed by atoms with van der Waals surface area (Å²) in [7, 11) is -0.614. The van der Waals surface area contributed by atoms with Gasteiger partial charge in [0.05, 0.1) is 46.6 Å². The maximum atomic E-state index is 12.9. The number of ether oxygens (including phenoxy) is 3. The Bertz CT molecular complexity index is 1240. The number of nitrogens with zero attached hydrogens (tertiary/aromatic N) is 4. The topological polar surface area (TPSA) is 108 Å². The zero-order valence-electron chi connectivity index (χ0n) is 17.8. The number of hydrogen-bond donors (Lipinski definition) is 1. The SMILES string of the molecule is COc1cc(N=S2(=O)CCCC2)cc2ncnc(Nc3cccnc3OC3CCOC3)c12. The van der Waals surface area contributed by atoms with Crippen LogP contribution in [0.4, 0.5) is 17.2 Å². The molecule has 10 heteroatoms. The number of methoxy groups -OCH3 is 1. The van der Waals surface area contributed by atoms with Crippen molar-refractivity contribution in [3.63, 3.8) is 0 Å². The van der Waals surface area contributed by atoms with Gasteiger partial charge in [-0.1, -0.05) is 0 Å². The molecule has 32 heavy (non-hydrogen) atoms. The van der Waals surface area contributed by atoms with Crippen molar-refractivity contribution in [2.75, 3.05) is 37.1 Å². The zero-order chi connectivity index (χ0) is 22.0. The molecule has 3 aromatic rings. The number of anilines is 2. The molecule has 0 spiro atoms. The van der Waals surface area contributed by atoms with Crippen LogP contribution >= 0.6 is 0 Å². The Morgan fingerprint density at radius 1 is 1.22 bits per heavy atom. The average molecular weight is 456 g/mol.